The van der Waals surface area contributed by atoms with Gasteiger partial charge in [0.2, 0.25) is 0 Å². The number of hydrogen-bond acceptors (Lipinski definition) is 5. The van der Waals surface area contributed by atoms with Crippen LogP contribution in [0, 0.1) is 5.92 Å². The molecule has 6 heteroatoms. The van der Waals surface area contributed by atoms with Crippen molar-refractivity contribution in [1.29, 1.82) is 0 Å². The molecule has 0 fully saturated rings. The molecule has 1 aliphatic carbocycles. The number of rotatable bonds is 2. The van der Waals surface area contributed by atoms with Gasteiger partial charge in [0, 0.05) is 22.7 Å². The number of fused-ring (bicyclic) bond motifs is 3. The first-order valence-electron chi connectivity index (χ1n) is 9.46. The number of nitrogens with two attached hydrogens (primary N) is 1. The Morgan fingerprint density at radius 3 is 3.04 bits per heavy atom. The molecule has 28 heavy (non-hydrogen) atoms. The maximum Gasteiger partial charge on any atom is 0.267 e. The SMILES string of the molecule is C[C@H]1CCc2nc3sc(C(=O)Nc4cccc5ncccc45)c(N)c3cc2C1. The van der Waals surface area contributed by atoms with Gasteiger partial charge in [0.05, 0.1) is 16.9 Å². The predicted molar refractivity (Wildman–Crippen MR) is 115 cm³/mol. The number of nitrogens with one attached hydrogen (secondary N) is 1. The third-order valence-electron chi connectivity index (χ3n) is 5.43. The molecule has 140 valence electrons. The first-order valence-corrected chi connectivity index (χ1v) is 10.3. The van der Waals surface area contributed by atoms with Crippen LogP contribution in [-0.2, 0) is 12.8 Å². The van der Waals surface area contributed by atoms with Crippen molar-refractivity contribution >= 4 is 49.7 Å². The van der Waals surface area contributed by atoms with E-state index >= 15 is 0 Å². The lowest BCUT2D eigenvalue weighted by molar-refractivity contribution is 0.103. The number of benzene rings is 1. The third kappa shape index (κ3) is 2.81. The van der Waals surface area contributed by atoms with Gasteiger partial charge in [-0.05, 0) is 61.1 Å². The molecule has 1 aromatic carbocycles. The second-order valence-corrected chi connectivity index (χ2v) is 8.47. The third-order valence-corrected chi connectivity index (χ3v) is 6.55. The smallest absolute Gasteiger partial charge is 0.267 e. The summed E-state index contributed by atoms with van der Waals surface area (Å²) >= 11 is 1.37. The van der Waals surface area contributed by atoms with Gasteiger partial charge in [-0.3, -0.25) is 9.78 Å². The van der Waals surface area contributed by atoms with Crippen LogP contribution in [-0.4, -0.2) is 15.9 Å². The number of amides is 1. The molecular formula is C22H20N4OS. The largest absolute Gasteiger partial charge is 0.397 e. The Morgan fingerprint density at radius 1 is 1.25 bits per heavy atom. The summed E-state index contributed by atoms with van der Waals surface area (Å²) in [6.07, 6.45) is 4.92. The van der Waals surface area contributed by atoms with Gasteiger partial charge in [-0.25, -0.2) is 4.98 Å². The van der Waals surface area contributed by atoms with E-state index in [4.69, 9.17) is 10.7 Å². The number of pyridine rings is 2. The Labute approximate surface area is 166 Å². The summed E-state index contributed by atoms with van der Waals surface area (Å²) in [7, 11) is 0. The summed E-state index contributed by atoms with van der Waals surface area (Å²) in [5, 5.41) is 4.80. The minimum absolute atomic E-state index is 0.205. The van der Waals surface area contributed by atoms with Gasteiger partial charge < -0.3 is 11.1 Å². The highest BCUT2D eigenvalue weighted by molar-refractivity contribution is 7.21. The highest BCUT2D eigenvalue weighted by Crippen LogP contribution is 2.36. The van der Waals surface area contributed by atoms with Crippen molar-refractivity contribution in [2.75, 3.05) is 11.1 Å². The van der Waals surface area contributed by atoms with Crippen LogP contribution in [0.4, 0.5) is 11.4 Å². The van der Waals surface area contributed by atoms with Gasteiger partial charge in [0.25, 0.3) is 5.91 Å². The Hall–Kier alpha value is -2.99. The highest BCUT2D eigenvalue weighted by atomic mass is 32.1. The van der Waals surface area contributed by atoms with E-state index in [0.29, 0.717) is 16.5 Å². The van der Waals surface area contributed by atoms with Crippen LogP contribution in [0.25, 0.3) is 21.1 Å². The fraction of sp³-hybridized carbons (Fsp3) is 0.227. The van der Waals surface area contributed by atoms with Crippen molar-refractivity contribution in [3.8, 4) is 0 Å². The highest BCUT2D eigenvalue weighted by Gasteiger charge is 2.22. The molecule has 0 spiro atoms. The second kappa shape index (κ2) is 6.56. The van der Waals surface area contributed by atoms with Gasteiger partial charge in [0.15, 0.2) is 0 Å². The number of nitrogen functional groups attached to an aromatic ring is 1. The van der Waals surface area contributed by atoms with Crippen LogP contribution >= 0.6 is 11.3 Å². The summed E-state index contributed by atoms with van der Waals surface area (Å²) in [6, 6.07) is 11.6. The number of hydrogen-bond donors (Lipinski definition) is 2. The molecule has 1 amide bonds. The van der Waals surface area contributed by atoms with Crippen LogP contribution in [0.2, 0.25) is 0 Å². The Kier molecular flexibility index (Phi) is 4.02. The monoisotopic (exact) mass is 388 g/mol. The predicted octanol–water partition coefficient (Wildman–Crippen LogP) is 4.80. The molecule has 3 N–H and O–H groups in total. The van der Waals surface area contributed by atoms with Crippen molar-refractivity contribution in [3.63, 3.8) is 0 Å². The van der Waals surface area contributed by atoms with Crippen LogP contribution < -0.4 is 11.1 Å². The molecule has 4 aromatic rings. The van der Waals surface area contributed by atoms with Crippen molar-refractivity contribution in [2.24, 2.45) is 5.92 Å². The van der Waals surface area contributed by atoms with Gasteiger partial charge in [-0.1, -0.05) is 13.0 Å². The van der Waals surface area contributed by atoms with Gasteiger partial charge in [-0.2, -0.15) is 0 Å². The van der Waals surface area contributed by atoms with Crippen molar-refractivity contribution in [3.05, 3.63) is 58.7 Å². The van der Waals surface area contributed by atoms with E-state index in [1.165, 1.54) is 16.9 Å². The number of nitrogens with zero attached hydrogens (tertiary/aromatic N) is 2. The normalized spacial score (nSPS) is 16.2. The maximum atomic E-state index is 13.0. The number of aryl methyl sites for hydroxylation is 1. The molecule has 0 aliphatic heterocycles. The van der Waals surface area contributed by atoms with Crippen LogP contribution in [0.15, 0.2) is 42.6 Å². The van der Waals surface area contributed by atoms with Gasteiger partial charge in [0.1, 0.15) is 9.71 Å². The first kappa shape index (κ1) is 17.1. The average molecular weight is 388 g/mol. The summed E-state index contributed by atoms with van der Waals surface area (Å²) in [4.78, 5) is 23.5. The van der Waals surface area contributed by atoms with Crippen molar-refractivity contribution in [1.82, 2.24) is 9.97 Å². The Balaban J connectivity index is 1.53. The zero-order chi connectivity index (χ0) is 19.3. The van der Waals surface area contributed by atoms with Gasteiger partial charge in [-0.15, -0.1) is 11.3 Å². The zero-order valence-corrected chi connectivity index (χ0v) is 16.3. The molecule has 0 radical (unpaired) electrons. The van der Waals surface area contributed by atoms with Crippen LogP contribution in [0.5, 0.6) is 0 Å². The molecule has 0 saturated heterocycles. The van der Waals surface area contributed by atoms with E-state index in [9.17, 15) is 4.79 Å². The topological polar surface area (TPSA) is 80.9 Å². The maximum absolute atomic E-state index is 13.0. The van der Waals surface area contributed by atoms with Gasteiger partial charge >= 0.3 is 0 Å². The average Bonchev–Trinajstić information content (AvgIpc) is 3.02. The van der Waals surface area contributed by atoms with E-state index in [1.807, 2.05) is 30.3 Å². The molecule has 3 aromatic heterocycles. The first-order chi connectivity index (χ1) is 13.6. The van der Waals surface area contributed by atoms with E-state index in [-0.39, 0.29) is 5.91 Å². The standard InChI is InChI=1S/C22H20N4OS/c1-12-7-8-16-13(10-12)11-15-19(23)20(28-22(15)26-16)21(27)25-18-6-2-5-17-14(18)4-3-9-24-17/h2-6,9,11-12H,7-8,10,23H2,1H3,(H,25,27)/t12-/m0/s1. The molecule has 5 rings (SSSR count). The number of carbonyl (C=O) groups excluding carboxylic acids is 1. The quantitative estimate of drug-likeness (QED) is 0.517. The van der Waals surface area contributed by atoms with Crippen LogP contribution in [0.1, 0.15) is 34.3 Å². The Morgan fingerprint density at radius 2 is 2.14 bits per heavy atom. The van der Waals surface area contributed by atoms with E-state index < -0.39 is 0 Å². The molecule has 0 unspecified atom stereocenters. The molecular weight excluding hydrogens is 368 g/mol. The summed E-state index contributed by atoms with van der Waals surface area (Å²) in [5.41, 5.74) is 10.9. The lowest BCUT2D eigenvalue weighted by Crippen LogP contribution is -2.13. The van der Waals surface area contributed by atoms with E-state index in [1.54, 1.807) is 6.20 Å². The molecule has 0 saturated carbocycles. The van der Waals surface area contributed by atoms with Crippen LogP contribution in [0.3, 0.4) is 0 Å². The molecule has 0 bridgehead atoms. The zero-order valence-electron chi connectivity index (χ0n) is 15.5. The second-order valence-electron chi connectivity index (χ2n) is 7.47. The lowest BCUT2D eigenvalue weighted by atomic mass is 9.87. The summed E-state index contributed by atoms with van der Waals surface area (Å²) < 4.78 is 0. The molecule has 1 aliphatic rings. The van der Waals surface area contributed by atoms with E-state index in [2.05, 4.69) is 23.3 Å². The number of anilines is 2. The summed E-state index contributed by atoms with van der Waals surface area (Å²) in [6.45, 7) is 2.27. The lowest BCUT2D eigenvalue weighted by Gasteiger charge is -2.20. The van der Waals surface area contributed by atoms with Crippen molar-refractivity contribution in [2.45, 2.75) is 26.2 Å². The molecule has 3 heterocycles. The fourth-order valence-electron chi connectivity index (χ4n) is 3.93. The fourth-order valence-corrected chi connectivity index (χ4v) is 4.92. The van der Waals surface area contributed by atoms with Crippen molar-refractivity contribution < 1.29 is 4.79 Å². The number of aromatic nitrogens is 2. The summed E-state index contributed by atoms with van der Waals surface area (Å²) in [5.74, 6) is 0.456. The molecule has 1 atom stereocenters. The van der Waals surface area contributed by atoms with E-state index in [0.717, 1.165) is 51.8 Å². The minimum atomic E-state index is -0.205. The number of carbonyl (C=O) groups is 1. The Bertz CT molecular complexity index is 1220. The number of thiophene rings is 1. The molecule has 5 nitrogen and oxygen atoms in total. The minimum Gasteiger partial charge on any atom is -0.397 e.